The predicted octanol–water partition coefficient (Wildman–Crippen LogP) is 3.74. The highest BCUT2D eigenvalue weighted by molar-refractivity contribution is 5.90. The number of benzene rings is 1. The number of esters is 3. The molecule has 2 heterocycles. The van der Waals surface area contributed by atoms with Crippen LogP contribution in [0.25, 0.3) is 0 Å². The molecule has 3 fully saturated rings. The molecule has 9 nitrogen and oxygen atoms in total. The van der Waals surface area contributed by atoms with Crippen LogP contribution in [-0.4, -0.2) is 63.6 Å². The Morgan fingerprint density at radius 1 is 0.923 bits per heavy atom. The number of nitrogens with zero attached hydrogens (tertiary/aromatic N) is 1. The minimum Gasteiger partial charge on any atom is -0.462 e. The van der Waals surface area contributed by atoms with Gasteiger partial charge in [0.25, 0.3) is 0 Å². The molecular formula is C30H35NO8. The molecular weight excluding hydrogens is 502 g/mol. The Labute approximate surface area is 227 Å². The zero-order chi connectivity index (χ0) is 28.2. The first kappa shape index (κ1) is 27.3. The predicted molar refractivity (Wildman–Crippen MR) is 139 cm³/mol. The maximum Gasteiger partial charge on any atom is 0.340 e. The average molecular weight is 538 g/mol. The van der Waals surface area contributed by atoms with Gasteiger partial charge in [-0.2, -0.15) is 0 Å². The van der Waals surface area contributed by atoms with Crippen molar-refractivity contribution in [1.29, 1.82) is 0 Å². The van der Waals surface area contributed by atoms with Crippen molar-refractivity contribution in [2.24, 2.45) is 17.3 Å². The third-order valence-electron chi connectivity index (χ3n) is 9.04. The Hall–Kier alpha value is -3.30. The number of fused-ring (bicyclic) bond motifs is 1. The third-order valence-corrected chi connectivity index (χ3v) is 9.04. The maximum absolute atomic E-state index is 13.4. The van der Waals surface area contributed by atoms with Crippen LogP contribution in [0, 0.1) is 17.3 Å². The fourth-order valence-corrected chi connectivity index (χ4v) is 7.39. The van der Waals surface area contributed by atoms with Crippen LogP contribution in [0.1, 0.15) is 68.2 Å². The van der Waals surface area contributed by atoms with Crippen LogP contribution in [0.4, 0.5) is 0 Å². The number of hydrogen-bond acceptors (Lipinski definition) is 9. The van der Waals surface area contributed by atoms with Gasteiger partial charge in [0.15, 0.2) is 0 Å². The van der Waals surface area contributed by atoms with Crippen molar-refractivity contribution in [1.82, 2.24) is 4.98 Å². The molecule has 2 aliphatic carbocycles. The summed E-state index contributed by atoms with van der Waals surface area (Å²) in [5.41, 5.74) is -2.87. The van der Waals surface area contributed by atoms with Gasteiger partial charge in [-0.15, -0.1) is 0 Å². The monoisotopic (exact) mass is 537 g/mol. The SMILES string of the molecule is CC(=O)O[C@H]1CC[C@@H](C)[C@@]23OC(C)(C)[C@@H]([C@H](O)[C@H](OC(=O)c4cccnc4)[C@@]12C)[C@H]3OC(=O)c1ccccc1. The van der Waals surface area contributed by atoms with Crippen molar-refractivity contribution in [2.45, 2.75) is 83.1 Å². The molecule has 2 aromatic rings. The summed E-state index contributed by atoms with van der Waals surface area (Å²) < 4.78 is 25.1. The molecule has 1 aliphatic heterocycles. The summed E-state index contributed by atoms with van der Waals surface area (Å²) in [7, 11) is 0. The van der Waals surface area contributed by atoms with Gasteiger partial charge in [0, 0.05) is 19.3 Å². The summed E-state index contributed by atoms with van der Waals surface area (Å²) in [5.74, 6) is -2.65. The smallest absolute Gasteiger partial charge is 0.340 e. The number of aliphatic hydroxyl groups is 1. The first-order chi connectivity index (χ1) is 18.4. The molecule has 3 aliphatic rings. The number of aromatic nitrogens is 1. The molecule has 208 valence electrons. The van der Waals surface area contributed by atoms with Crippen LogP contribution in [0.5, 0.6) is 0 Å². The topological polar surface area (TPSA) is 121 Å². The minimum atomic E-state index is -1.29. The van der Waals surface area contributed by atoms with E-state index in [4.69, 9.17) is 18.9 Å². The van der Waals surface area contributed by atoms with Gasteiger partial charge in [0.05, 0.1) is 28.1 Å². The molecule has 1 aromatic carbocycles. The minimum absolute atomic E-state index is 0.195. The van der Waals surface area contributed by atoms with Gasteiger partial charge in [-0.3, -0.25) is 9.78 Å². The molecule has 1 spiro atoms. The van der Waals surface area contributed by atoms with E-state index in [0.717, 1.165) is 0 Å². The zero-order valence-corrected chi connectivity index (χ0v) is 22.8. The summed E-state index contributed by atoms with van der Waals surface area (Å²) >= 11 is 0. The molecule has 8 atom stereocenters. The standard InChI is InChI=1S/C30H35NO8/c1-17-13-14-21(36-18(2)32)29(5)25(38-27(35)20-12-9-15-31-16-20)23(33)22-24(30(17,29)39-28(22,3)4)37-26(34)19-10-7-6-8-11-19/h6-12,15-17,21-25,33H,13-14H2,1-5H3/t17-,21+,22+,23+,24-,25+,29-,30+/m1/s1. The summed E-state index contributed by atoms with van der Waals surface area (Å²) in [6.07, 6.45) is -0.0987. The Balaban J connectivity index is 1.65. The summed E-state index contributed by atoms with van der Waals surface area (Å²) in [6, 6.07) is 11.8. The quantitative estimate of drug-likeness (QED) is 0.449. The molecule has 2 saturated carbocycles. The largest absolute Gasteiger partial charge is 0.462 e. The Morgan fingerprint density at radius 3 is 2.21 bits per heavy atom. The molecule has 5 rings (SSSR count). The van der Waals surface area contributed by atoms with Crippen LogP contribution in [0.15, 0.2) is 54.9 Å². The maximum atomic E-state index is 13.4. The summed E-state index contributed by atoms with van der Waals surface area (Å²) in [5, 5.41) is 12.0. The fraction of sp³-hybridized carbons (Fsp3) is 0.533. The van der Waals surface area contributed by atoms with Crippen molar-refractivity contribution < 1.29 is 38.4 Å². The molecule has 0 radical (unpaired) electrons. The van der Waals surface area contributed by atoms with Gasteiger partial charge in [0.1, 0.15) is 30.0 Å². The molecule has 39 heavy (non-hydrogen) atoms. The highest BCUT2D eigenvalue weighted by Gasteiger charge is 2.81. The molecule has 1 N–H and O–H groups in total. The second-order valence-electron chi connectivity index (χ2n) is 11.6. The Kier molecular flexibility index (Phi) is 6.79. The van der Waals surface area contributed by atoms with Crippen molar-refractivity contribution >= 4 is 17.9 Å². The Bertz CT molecular complexity index is 1250. The van der Waals surface area contributed by atoms with E-state index in [2.05, 4.69) is 4.98 Å². The van der Waals surface area contributed by atoms with Crippen molar-refractivity contribution in [3.05, 3.63) is 66.0 Å². The van der Waals surface area contributed by atoms with Gasteiger partial charge < -0.3 is 24.1 Å². The summed E-state index contributed by atoms with van der Waals surface area (Å²) in [4.78, 5) is 43.0. The van der Waals surface area contributed by atoms with E-state index in [1.165, 1.54) is 13.1 Å². The molecule has 2 bridgehead atoms. The highest BCUT2D eigenvalue weighted by atomic mass is 16.6. The van der Waals surface area contributed by atoms with E-state index in [-0.39, 0.29) is 11.5 Å². The van der Waals surface area contributed by atoms with E-state index in [1.807, 2.05) is 27.7 Å². The van der Waals surface area contributed by atoms with E-state index >= 15 is 0 Å². The van der Waals surface area contributed by atoms with Crippen molar-refractivity contribution in [2.75, 3.05) is 0 Å². The van der Waals surface area contributed by atoms with Crippen LogP contribution < -0.4 is 0 Å². The van der Waals surface area contributed by atoms with Gasteiger partial charge in [-0.05, 0) is 63.8 Å². The van der Waals surface area contributed by atoms with E-state index in [1.54, 1.807) is 48.7 Å². The van der Waals surface area contributed by atoms with Gasteiger partial charge in [0.2, 0.25) is 0 Å². The van der Waals surface area contributed by atoms with Gasteiger partial charge in [-0.1, -0.05) is 25.1 Å². The van der Waals surface area contributed by atoms with Crippen molar-refractivity contribution in [3.63, 3.8) is 0 Å². The van der Waals surface area contributed by atoms with Crippen LogP contribution in [0.3, 0.4) is 0 Å². The normalized spacial score (nSPS) is 36.4. The van der Waals surface area contributed by atoms with E-state index in [9.17, 15) is 19.5 Å². The Morgan fingerprint density at radius 2 is 1.56 bits per heavy atom. The molecule has 9 heteroatoms. The first-order valence-electron chi connectivity index (χ1n) is 13.4. The second kappa shape index (κ2) is 9.71. The van der Waals surface area contributed by atoms with E-state index < -0.39 is 64.9 Å². The third kappa shape index (κ3) is 4.14. The summed E-state index contributed by atoms with van der Waals surface area (Å²) in [6.45, 7) is 8.81. The number of hydrogen-bond donors (Lipinski definition) is 1. The van der Waals surface area contributed by atoms with Crippen molar-refractivity contribution in [3.8, 4) is 0 Å². The van der Waals surface area contributed by atoms with Crippen LogP contribution >= 0.6 is 0 Å². The molecule has 1 saturated heterocycles. The lowest BCUT2D eigenvalue weighted by molar-refractivity contribution is -0.295. The lowest BCUT2D eigenvalue weighted by atomic mass is 9.48. The van der Waals surface area contributed by atoms with Crippen LogP contribution in [0.2, 0.25) is 0 Å². The number of ether oxygens (including phenoxy) is 4. The zero-order valence-electron chi connectivity index (χ0n) is 22.8. The number of carbonyl (C=O) groups is 3. The van der Waals surface area contributed by atoms with Gasteiger partial charge in [-0.25, -0.2) is 9.59 Å². The second-order valence-corrected chi connectivity index (χ2v) is 11.6. The molecule has 0 amide bonds. The lowest BCUT2D eigenvalue weighted by Crippen LogP contribution is -2.76. The first-order valence-corrected chi connectivity index (χ1v) is 13.4. The molecule has 0 unspecified atom stereocenters. The van der Waals surface area contributed by atoms with Gasteiger partial charge >= 0.3 is 17.9 Å². The number of carbonyl (C=O) groups excluding carboxylic acids is 3. The lowest BCUT2D eigenvalue weighted by Gasteiger charge is -2.62. The molecule has 1 aromatic heterocycles. The number of rotatable bonds is 5. The average Bonchev–Trinajstić information content (AvgIpc) is 3.12. The van der Waals surface area contributed by atoms with E-state index in [0.29, 0.717) is 18.4 Å². The highest BCUT2D eigenvalue weighted by Crippen LogP contribution is 2.67. The van der Waals surface area contributed by atoms with Crippen LogP contribution in [-0.2, 0) is 23.7 Å². The number of aliphatic hydroxyl groups excluding tert-OH is 1. The fourth-order valence-electron chi connectivity index (χ4n) is 7.39. The number of pyridine rings is 1.